The molecule has 0 aliphatic carbocycles. The molecule has 1 atom stereocenters. The summed E-state index contributed by atoms with van der Waals surface area (Å²) in [5, 5.41) is 13.2. The van der Waals surface area contributed by atoms with Crippen LogP contribution >= 0.6 is 0 Å². The van der Waals surface area contributed by atoms with Crippen molar-refractivity contribution < 1.29 is 4.79 Å². The van der Waals surface area contributed by atoms with E-state index in [2.05, 4.69) is 21.3 Å². The first-order valence-electron chi connectivity index (χ1n) is 8.35. The SMILES string of the molecule is N#Cc1cc(N2CCC[C@@H](N3CCNC3=O)C2)c2ccccc2n1. The Bertz CT molecular complexity index is 828. The molecule has 2 amide bonds. The Morgan fingerprint density at radius 2 is 2.17 bits per heavy atom. The quantitative estimate of drug-likeness (QED) is 0.919. The molecule has 0 unspecified atom stereocenters. The average Bonchev–Trinajstić information content (AvgIpc) is 3.07. The van der Waals surface area contributed by atoms with E-state index >= 15 is 0 Å². The van der Waals surface area contributed by atoms with Crippen LogP contribution in [0.3, 0.4) is 0 Å². The minimum absolute atomic E-state index is 0.0409. The second-order valence-electron chi connectivity index (χ2n) is 6.32. The molecular formula is C18H19N5O. The number of carbonyl (C=O) groups excluding carboxylic acids is 1. The molecule has 6 heteroatoms. The minimum atomic E-state index is 0.0409. The van der Waals surface area contributed by atoms with E-state index in [0.717, 1.165) is 55.6 Å². The zero-order valence-electron chi connectivity index (χ0n) is 13.4. The number of fused-ring (bicyclic) bond motifs is 1. The number of hydrogen-bond acceptors (Lipinski definition) is 4. The Morgan fingerprint density at radius 1 is 1.29 bits per heavy atom. The van der Waals surface area contributed by atoms with Crippen LogP contribution in [-0.4, -0.2) is 48.1 Å². The molecule has 0 bridgehead atoms. The fourth-order valence-corrected chi connectivity index (χ4v) is 3.74. The summed E-state index contributed by atoms with van der Waals surface area (Å²) in [4.78, 5) is 20.6. The van der Waals surface area contributed by atoms with E-state index < -0.39 is 0 Å². The van der Waals surface area contributed by atoms with Crippen molar-refractivity contribution in [1.29, 1.82) is 5.26 Å². The number of carbonyl (C=O) groups is 1. The van der Waals surface area contributed by atoms with Gasteiger partial charge in [0.2, 0.25) is 0 Å². The van der Waals surface area contributed by atoms with Gasteiger partial charge in [0, 0.05) is 37.3 Å². The van der Waals surface area contributed by atoms with Crippen molar-refractivity contribution in [3.05, 3.63) is 36.0 Å². The zero-order chi connectivity index (χ0) is 16.5. The number of piperidine rings is 1. The van der Waals surface area contributed by atoms with Crippen LogP contribution in [0.4, 0.5) is 10.5 Å². The highest BCUT2D eigenvalue weighted by atomic mass is 16.2. The van der Waals surface area contributed by atoms with Gasteiger partial charge in [-0.3, -0.25) is 0 Å². The molecule has 2 aliphatic rings. The maximum absolute atomic E-state index is 12.0. The van der Waals surface area contributed by atoms with Crippen LogP contribution in [0.25, 0.3) is 10.9 Å². The molecule has 1 N–H and O–H groups in total. The topological polar surface area (TPSA) is 72.3 Å². The Kier molecular flexibility index (Phi) is 3.69. The number of nitrogens with zero attached hydrogens (tertiary/aromatic N) is 4. The number of para-hydroxylation sites is 1. The van der Waals surface area contributed by atoms with Crippen LogP contribution in [0.15, 0.2) is 30.3 Å². The van der Waals surface area contributed by atoms with Gasteiger partial charge in [-0.1, -0.05) is 18.2 Å². The van der Waals surface area contributed by atoms with Crippen molar-refractivity contribution >= 4 is 22.6 Å². The Balaban J connectivity index is 1.69. The molecule has 1 aromatic heterocycles. The maximum atomic E-state index is 12.0. The van der Waals surface area contributed by atoms with Crippen molar-refractivity contribution in [2.75, 3.05) is 31.1 Å². The van der Waals surface area contributed by atoms with Crippen LogP contribution in [-0.2, 0) is 0 Å². The summed E-state index contributed by atoms with van der Waals surface area (Å²) >= 11 is 0. The van der Waals surface area contributed by atoms with Crippen LogP contribution < -0.4 is 10.2 Å². The molecule has 0 radical (unpaired) electrons. The molecule has 122 valence electrons. The molecule has 2 fully saturated rings. The van der Waals surface area contributed by atoms with Crippen LogP contribution in [0.5, 0.6) is 0 Å². The van der Waals surface area contributed by atoms with Gasteiger partial charge in [0.15, 0.2) is 0 Å². The summed E-state index contributed by atoms with van der Waals surface area (Å²) < 4.78 is 0. The molecule has 4 rings (SSSR count). The molecule has 2 aromatic rings. The first-order chi connectivity index (χ1) is 11.8. The number of anilines is 1. The molecule has 1 aromatic carbocycles. The summed E-state index contributed by atoms with van der Waals surface area (Å²) in [6.45, 7) is 3.24. The summed E-state index contributed by atoms with van der Waals surface area (Å²) in [5.41, 5.74) is 2.32. The number of amides is 2. The van der Waals surface area contributed by atoms with Crippen LogP contribution in [0.1, 0.15) is 18.5 Å². The largest absolute Gasteiger partial charge is 0.369 e. The Labute approximate surface area is 140 Å². The van der Waals surface area contributed by atoms with Gasteiger partial charge in [-0.05, 0) is 25.0 Å². The summed E-state index contributed by atoms with van der Waals surface area (Å²) in [7, 11) is 0. The summed E-state index contributed by atoms with van der Waals surface area (Å²) in [5.74, 6) is 0. The minimum Gasteiger partial charge on any atom is -0.369 e. The molecule has 0 spiro atoms. The average molecular weight is 321 g/mol. The van der Waals surface area contributed by atoms with Crippen molar-refractivity contribution in [2.45, 2.75) is 18.9 Å². The number of aromatic nitrogens is 1. The fraction of sp³-hybridized carbons (Fsp3) is 0.389. The lowest BCUT2D eigenvalue weighted by Gasteiger charge is -2.38. The third kappa shape index (κ3) is 2.52. The molecule has 24 heavy (non-hydrogen) atoms. The zero-order valence-corrected chi connectivity index (χ0v) is 13.4. The van der Waals surface area contributed by atoms with Gasteiger partial charge >= 0.3 is 6.03 Å². The van der Waals surface area contributed by atoms with E-state index in [4.69, 9.17) is 0 Å². The van der Waals surface area contributed by atoms with Crippen molar-refractivity contribution in [3.8, 4) is 6.07 Å². The maximum Gasteiger partial charge on any atom is 0.317 e. The lowest BCUT2D eigenvalue weighted by Crippen LogP contribution is -2.49. The first-order valence-corrected chi connectivity index (χ1v) is 8.35. The number of urea groups is 1. The molecular weight excluding hydrogens is 302 g/mol. The number of pyridine rings is 1. The lowest BCUT2D eigenvalue weighted by molar-refractivity contribution is 0.189. The van der Waals surface area contributed by atoms with Crippen molar-refractivity contribution in [3.63, 3.8) is 0 Å². The fourth-order valence-electron chi connectivity index (χ4n) is 3.74. The van der Waals surface area contributed by atoms with Crippen molar-refractivity contribution in [1.82, 2.24) is 15.2 Å². The van der Waals surface area contributed by atoms with Crippen molar-refractivity contribution in [2.24, 2.45) is 0 Å². The molecule has 2 aliphatic heterocycles. The smallest absolute Gasteiger partial charge is 0.317 e. The second kappa shape index (κ2) is 6.00. The van der Waals surface area contributed by atoms with E-state index in [9.17, 15) is 10.1 Å². The second-order valence-corrected chi connectivity index (χ2v) is 6.32. The number of nitrogens with one attached hydrogen (secondary N) is 1. The third-order valence-electron chi connectivity index (χ3n) is 4.88. The monoisotopic (exact) mass is 321 g/mol. The lowest BCUT2D eigenvalue weighted by atomic mass is 10.0. The normalized spacial score (nSPS) is 21.0. The highest BCUT2D eigenvalue weighted by Crippen LogP contribution is 2.30. The number of hydrogen-bond donors (Lipinski definition) is 1. The first kappa shape index (κ1) is 14.8. The predicted molar refractivity (Wildman–Crippen MR) is 91.8 cm³/mol. The molecule has 3 heterocycles. The highest BCUT2D eigenvalue weighted by molar-refractivity contribution is 5.92. The summed E-state index contributed by atoms with van der Waals surface area (Å²) in [6.07, 6.45) is 2.06. The van der Waals surface area contributed by atoms with Gasteiger partial charge in [-0.15, -0.1) is 0 Å². The van der Waals surface area contributed by atoms with E-state index in [1.54, 1.807) is 0 Å². The molecule has 6 nitrogen and oxygen atoms in total. The number of nitriles is 1. The number of benzene rings is 1. The highest BCUT2D eigenvalue weighted by Gasteiger charge is 2.31. The Morgan fingerprint density at radius 3 is 2.96 bits per heavy atom. The van der Waals surface area contributed by atoms with Crippen LogP contribution in [0, 0.1) is 11.3 Å². The van der Waals surface area contributed by atoms with E-state index in [1.165, 1.54) is 0 Å². The van der Waals surface area contributed by atoms with Crippen LogP contribution in [0.2, 0.25) is 0 Å². The third-order valence-corrected chi connectivity index (χ3v) is 4.88. The van der Waals surface area contributed by atoms with Gasteiger partial charge in [0.1, 0.15) is 11.8 Å². The van der Waals surface area contributed by atoms with E-state index in [1.807, 2.05) is 35.2 Å². The van der Waals surface area contributed by atoms with E-state index in [0.29, 0.717) is 5.69 Å². The molecule has 0 saturated carbocycles. The van der Waals surface area contributed by atoms with Gasteiger partial charge < -0.3 is 15.1 Å². The predicted octanol–water partition coefficient (Wildman–Crippen LogP) is 2.10. The number of rotatable bonds is 2. The Hall–Kier alpha value is -2.81. The molecule has 2 saturated heterocycles. The van der Waals surface area contributed by atoms with Gasteiger partial charge in [-0.2, -0.15) is 5.26 Å². The van der Waals surface area contributed by atoms with Gasteiger partial charge in [0.25, 0.3) is 0 Å². The van der Waals surface area contributed by atoms with Gasteiger partial charge in [-0.25, -0.2) is 9.78 Å². The summed E-state index contributed by atoms with van der Waals surface area (Å²) in [6, 6.07) is 12.2. The standard InChI is InChI=1S/C18H19N5O/c19-11-13-10-17(15-5-1-2-6-16(15)21-13)22-8-3-4-14(12-22)23-9-7-20-18(23)24/h1-2,5-6,10,14H,3-4,7-9,12H2,(H,20,24)/t14-/m1/s1. The van der Waals surface area contributed by atoms with E-state index in [-0.39, 0.29) is 12.1 Å². The van der Waals surface area contributed by atoms with Gasteiger partial charge in [0.05, 0.1) is 11.6 Å².